The Morgan fingerprint density at radius 3 is 1.67 bits per heavy atom. The highest BCUT2D eigenvalue weighted by Gasteiger charge is 2.42. The predicted molar refractivity (Wildman–Crippen MR) is 50.2 cm³/mol. The van der Waals surface area contributed by atoms with E-state index in [0.29, 0.717) is 0 Å². The molecule has 0 aliphatic rings. The third-order valence-electron chi connectivity index (χ3n) is 1.73. The standard InChI is InChI=1S/C6H11O11P/c7-1(3(9)5(10)11)2(8)4(6(12)13)17-18(14,15)16/h1-4,7-9H,(H,10,11)(H,12,13)(H2,14,15,16)/t1-,2+,3-,4+/m0/s1. The third kappa shape index (κ3) is 5.06. The van der Waals surface area contributed by atoms with Crippen molar-refractivity contribution < 1.29 is 54.0 Å². The molecule has 0 aliphatic carbocycles. The van der Waals surface area contributed by atoms with Gasteiger partial charge in [-0.2, -0.15) is 0 Å². The number of phosphoric acid groups is 1. The molecule has 0 saturated heterocycles. The first-order chi connectivity index (χ1) is 7.97. The summed E-state index contributed by atoms with van der Waals surface area (Å²) in [6, 6.07) is 0. The van der Waals surface area contributed by atoms with Crippen molar-refractivity contribution in [3.63, 3.8) is 0 Å². The van der Waals surface area contributed by atoms with E-state index in [-0.39, 0.29) is 0 Å². The van der Waals surface area contributed by atoms with Crippen LogP contribution in [0.1, 0.15) is 0 Å². The van der Waals surface area contributed by atoms with E-state index in [0.717, 1.165) is 0 Å². The van der Waals surface area contributed by atoms with Crippen LogP contribution in [0.4, 0.5) is 0 Å². The van der Waals surface area contributed by atoms with Crippen LogP contribution in [0.25, 0.3) is 0 Å². The monoisotopic (exact) mass is 290 g/mol. The molecule has 0 amide bonds. The largest absolute Gasteiger partial charge is 0.479 e. The minimum Gasteiger partial charge on any atom is -0.479 e. The maximum absolute atomic E-state index is 10.5. The Bertz CT molecular complexity index is 361. The van der Waals surface area contributed by atoms with Gasteiger partial charge in [-0.05, 0) is 0 Å². The average molecular weight is 290 g/mol. The summed E-state index contributed by atoms with van der Waals surface area (Å²) in [5, 5.41) is 43.9. The first kappa shape index (κ1) is 16.9. The molecule has 0 aliphatic heterocycles. The molecule has 0 rings (SSSR count). The average Bonchev–Trinajstić information content (AvgIpc) is 2.21. The Morgan fingerprint density at radius 2 is 1.39 bits per heavy atom. The van der Waals surface area contributed by atoms with Crippen LogP contribution < -0.4 is 0 Å². The molecule has 7 N–H and O–H groups in total. The molecule has 0 aromatic rings. The Hall–Kier alpha value is -1.07. The van der Waals surface area contributed by atoms with E-state index >= 15 is 0 Å². The highest BCUT2D eigenvalue weighted by molar-refractivity contribution is 7.46. The van der Waals surface area contributed by atoms with E-state index in [1.165, 1.54) is 0 Å². The number of aliphatic hydroxyl groups is 3. The Balaban J connectivity index is 4.98. The van der Waals surface area contributed by atoms with E-state index in [1.54, 1.807) is 0 Å². The van der Waals surface area contributed by atoms with Gasteiger partial charge in [0.25, 0.3) is 0 Å². The number of aliphatic hydroxyl groups excluding tert-OH is 3. The van der Waals surface area contributed by atoms with Crippen LogP contribution in [-0.4, -0.2) is 71.7 Å². The van der Waals surface area contributed by atoms with Crippen molar-refractivity contribution in [1.29, 1.82) is 0 Å². The fourth-order valence-electron chi connectivity index (χ4n) is 0.913. The first-order valence-electron chi connectivity index (χ1n) is 4.21. The van der Waals surface area contributed by atoms with Gasteiger partial charge in [0.05, 0.1) is 0 Å². The van der Waals surface area contributed by atoms with E-state index in [9.17, 15) is 19.3 Å². The maximum atomic E-state index is 10.5. The van der Waals surface area contributed by atoms with Crippen molar-refractivity contribution >= 4 is 19.8 Å². The van der Waals surface area contributed by atoms with Crippen molar-refractivity contribution in [2.24, 2.45) is 0 Å². The number of hydrogen-bond acceptors (Lipinski definition) is 7. The lowest BCUT2D eigenvalue weighted by molar-refractivity contribution is -0.171. The van der Waals surface area contributed by atoms with Gasteiger partial charge in [-0.3, -0.25) is 4.52 Å². The molecule has 0 heterocycles. The van der Waals surface area contributed by atoms with Gasteiger partial charge in [0.2, 0.25) is 0 Å². The van der Waals surface area contributed by atoms with E-state index in [2.05, 4.69) is 4.52 Å². The fraction of sp³-hybridized carbons (Fsp3) is 0.667. The summed E-state index contributed by atoms with van der Waals surface area (Å²) in [5.41, 5.74) is 0. The van der Waals surface area contributed by atoms with Gasteiger partial charge in [0.1, 0.15) is 12.2 Å². The number of carboxylic acid groups (broad SMARTS) is 2. The zero-order valence-electron chi connectivity index (χ0n) is 8.52. The molecule has 0 aromatic heterocycles. The molecule has 0 radical (unpaired) electrons. The number of hydrogen-bond donors (Lipinski definition) is 7. The molecule has 0 fully saturated rings. The molecule has 4 atom stereocenters. The van der Waals surface area contributed by atoms with Crippen molar-refractivity contribution in [2.75, 3.05) is 0 Å². The van der Waals surface area contributed by atoms with E-state index in [4.69, 9.17) is 30.2 Å². The van der Waals surface area contributed by atoms with Gasteiger partial charge in [-0.15, -0.1) is 0 Å². The predicted octanol–water partition coefficient (Wildman–Crippen LogP) is -3.28. The van der Waals surface area contributed by atoms with Crippen LogP contribution in [0.5, 0.6) is 0 Å². The van der Waals surface area contributed by atoms with Gasteiger partial charge >= 0.3 is 19.8 Å². The Labute approximate surface area is 99.1 Å². The molecular formula is C6H11O11P. The van der Waals surface area contributed by atoms with Gasteiger partial charge in [0.15, 0.2) is 12.2 Å². The SMILES string of the molecule is O=C(O)[C@@H](O)[C@@H](O)[C@@H](O)[C@@H](OP(=O)(O)O)C(=O)O. The summed E-state index contributed by atoms with van der Waals surface area (Å²) < 4.78 is 14.1. The topological polar surface area (TPSA) is 202 Å². The number of aliphatic carboxylic acids is 2. The van der Waals surface area contributed by atoms with Crippen molar-refractivity contribution in [3.05, 3.63) is 0 Å². The van der Waals surface area contributed by atoms with Gasteiger partial charge in [-0.25, -0.2) is 14.2 Å². The van der Waals surface area contributed by atoms with Crippen molar-refractivity contribution in [2.45, 2.75) is 24.4 Å². The molecule has 0 unspecified atom stereocenters. The highest BCUT2D eigenvalue weighted by atomic mass is 31.2. The summed E-state index contributed by atoms with van der Waals surface area (Å²) in [4.78, 5) is 37.5. The van der Waals surface area contributed by atoms with E-state index < -0.39 is 44.2 Å². The number of carbonyl (C=O) groups is 2. The number of carboxylic acids is 2. The highest BCUT2D eigenvalue weighted by Crippen LogP contribution is 2.38. The van der Waals surface area contributed by atoms with Crippen LogP contribution in [0.3, 0.4) is 0 Å². The molecule has 12 heteroatoms. The Morgan fingerprint density at radius 1 is 0.944 bits per heavy atom. The summed E-state index contributed by atoms with van der Waals surface area (Å²) in [6.45, 7) is 0. The van der Waals surface area contributed by atoms with Crippen LogP contribution in [-0.2, 0) is 18.7 Å². The quantitative estimate of drug-likeness (QED) is 0.231. The molecule has 0 bridgehead atoms. The lowest BCUT2D eigenvalue weighted by Crippen LogP contribution is -2.50. The molecule has 0 saturated carbocycles. The van der Waals surface area contributed by atoms with Gasteiger partial charge in [0, 0.05) is 0 Å². The van der Waals surface area contributed by atoms with Crippen LogP contribution in [0, 0.1) is 0 Å². The smallest absolute Gasteiger partial charge is 0.470 e. The van der Waals surface area contributed by atoms with E-state index in [1.807, 2.05) is 0 Å². The third-order valence-corrected chi connectivity index (χ3v) is 2.23. The second-order valence-corrected chi connectivity index (χ2v) is 4.31. The van der Waals surface area contributed by atoms with Crippen LogP contribution in [0.2, 0.25) is 0 Å². The minimum atomic E-state index is -5.30. The number of phosphoric ester groups is 1. The molecule has 0 spiro atoms. The molecular weight excluding hydrogens is 279 g/mol. The zero-order chi connectivity index (χ0) is 14.7. The normalized spacial score (nSPS) is 18.7. The zero-order valence-corrected chi connectivity index (χ0v) is 9.41. The fourth-order valence-corrected chi connectivity index (χ4v) is 1.42. The summed E-state index contributed by atoms with van der Waals surface area (Å²) in [7, 11) is -5.30. The molecule has 0 aromatic carbocycles. The summed E-state index contributed by atoms with van der Waals surface area (Å²) >= 11 is 0. The van der Waals surface area contributed by atoms with Gasteiger partial charge < -0.3 is 35.3 Å². The van der Waals surface area contributed by atoms with Crippen LogP contribution in [0.15, 0.2) is 0 Å². The minimum absolute atomic E-state index is 1.97. The molecule has 11 nitrogen and oxygen atoms in total. The second kappa shape index (κ2) is 6.20. The van der Waals surface area contributed by atoms with Gasteiger partial charge in [-0.1, -0.05) is 0 Å². The van der Waals surface area contributed by atoms with Crippen molar-refractivity contribution in [1.82, 2.24) is 0 Å². The molecule has 106 valence electrons. The second-order valence-electron chi connectivity index (χ2n) is 3.12. The van der Waals surface area contributed by atoms with Crippen molar-refractivity contribution in [3.8, 4) is 0 Å². The Kier molecular flexibility index (Phi) is 5.83. The summed E-state index contributed by atoms with van der Waals surface area (Å²) in [6.07, 6.45) is -10.3. The van der Waals surface area contributed by atoms with Crippen LogP contribution >= 0.6 is 7.82 Å². The lowest BCUT2D eigenvalue weighted by atomic mass is 10.0. The first-order valence-corrected chi connectivity index (χ1v) is 5.74. The summed E-state index contributed by atoms with van der Waals surface area (Å²) in [5.74, 6) is -4.04. The maximum Gasteiger partial charge on any atom is 0.470 e. The molecule has 18 heavy (non-hydrogen) atoms. The number of rotatable bonds is 7. The lowest BCUT2D eigenvalue weighted by Gasteiger charge is -2.25.